The minimum atomic E-state index is -0.159. The van der Waals surface area contributed by atoms with E-state index in [-0.39, 0.29) is 23.6 Å². The Morgan fingerprint density at radius 2 is 2.38 bits per heavy atom. The van der Waals surface area contributed by atoms with E-state index in [1.807, 2.05) is 6.92 Å². The molecule has 0 saturated heterocycles. The zero-order valence-corrected chi connectivity index (χ0v) is 7.60. The standard InChI is InChI=1S/C9H14N2O2/c1-7(6-12)4-11-3-2-9(13)8(10)5-11/h2-3,5,7,12H,4,6,10H2,1H3. The van der Waals surface area contributed by atoms with E-state index in [0.29, 0.717) is 6.54 Å². The van der Waals surface area contributed by atoms with Gasteiger partial charge in [-0.1, -0.05) is 6.92 Å². The van der Waals surface area contributed by atoms with Crippen LogP contribution in [0.4, 0.5) is 5.69 Å². The molecule has 0 aliphatic heterocycles. The molecule has 0 aromatic carbocycles. The maximum atomic E-state index is 10.9. The van der Waals surface area contributed by atoms with Crippen molar-refractivity contribution >= 4 is 5.69 Å². The smallest absolute Gasteiger partial charge is 0.204 e. The van der Waals surface area contributed by atoms with Crippen LogP contribution in [0, 0.1) is 5.92 Å². The van der Waals surface area contributed by atoms with Gasteiger partial charge in [0.05, 0.1) is 5.69 Å². The number of nitrogens with zero attached hydrogens (tertiary/aromatic N) is 1. The highest BCUT2D eigenvalue weighted by Gasteiger charge is 2.01. The molecule has 1 heterocycles. The van der Waals surface area contributed by atoms with Crippen molar-refractivity contribution in [3.8, 4) is 0 Å². The van der Waals surface area contributed by atoms with Crippen molar-refractivity contribution in [2.24, 2.45) is 5.92 Å². The topological polar surface area (TPSA) is 68.2 Å². The second-order valence-corrected chi connectivity index (χ2v) is 3.25. The number of hydrogen-bond donors (Lipinski definition) is 2. The highest BCUT2D eigenvalue weighted by molar-refractivity contribution is 5.33. The van der Waals surface area contributed by atoms with Crippen LogP contribution in [-0.4, -0.2) is 16.3 Å². The Hall–Kier alpha value is -1.29. The zero-order chi connectivity index (χ0) is 9.84. The third kappa shape index (κ3) is 2.59. The van der Waals surface area contributed by atoms with Crippen molar-refractivity contribution in [1.29, 1.82) is 0 Å². The predicted molar refractivity (Wildman–Crippen MR) is 51.4 cm³/mol. The summed E-state index contributed by atoms with van der Waals surface area (Å²) < 4.78 is 1.80. The molecule has 1 aromatic rings. The van der Waals surface area contributed by atoms with E-state index in [9.17, 15) is 4.79 Å². The molecule has 13 heavy (non-hydrogen) atoms. The Morgan fingerprint density at radius 1 is 1.69 bits per heavy atom. The molecule has 0 radical (unpaired) electrons. The largest absolute Gasteiger partial charge is 0.396 e. The summed E-state index contributed by atoms with van der Waals surface area (Å²) in [6.45, 7) is 2.72. The molecular formula is C9H14N2O2. The van der Waals surface area contributed by atoms with Crippen LogP contribution >= 0.6 is 0 Å². The molecule has 1 aromatic heterocycles. The van der Waals surface area contributed by atoms with Gasteiger partial charge in [-0.05, 0) is 5.92 Å². The van der Waals surface area contributed by atoms with Crippen LogP contribution in [0.2, 0.25) is 0 Å². The molecule has 0 saturated carbocycles. The fraction of sp³-hybridized carbons (Fsp3) is 0.444. The lowest BCUT2D eigenvalue weighted by molar-refractivity contribution is 0.223. The van der Waals surface area contributed by atoms with Crippen molar-refractivity contribution in [3.05, 3.63) is 28.7 Å². The van der Waals surface area contributed by atoms with E-state index in [1.165, 1.54) is 6.07 Å². The summed E-state index contributed by atoms with van der Waals surface area (Å²) in [7, 11) is 0. The van der Waals surface area contributed by atoms with Gasteiger partial charge in [0.1, 0.15) is 0 Å². The fourth-order valence-corrected chi connectivity index (χ4v) is 1.08. The van der Waals surface area contributed by atoms with Gasteiger partial charge in [0.25, 0.3) is 0 Å². The lowest BCUT2D eigenvalue weighted by Crippen LogP contribution is -2.15. The third-order valence-corrected chi connectivity index (χ3v) is 1.84. The molecule has 1 unspecified atom stereocenters. The Balaban J connectivity index is 2.79. The molecule has 4 heteroatoms. The number of nitrogens with two attached hydrogens (primary N) is 1. The maximum Gasteiger partial charge on any atom is 0.204 e. The summed E-state index contributed by atoms with van der Waals surface area (Å²) in [6, 6.07) is 1.43. The van der Waals surface area contributed by atoms with Gasteiger partial charge in [-0.25, -0.2) is 0 Å². The SMILES string of the molecule is CC(CO)Cn1ccc(=O)c(N)c1. The summed E-state index contributed by atoms with van der Waals surface area (Å²) in [5.41, 5.74) is 5.53. The van der Waals surface area contributed by atoms with Crippen LogP contribution in [-0.2, 0) is 6.54 Å². The van der Waals surface area contributed by atoms with Gasteiger partial charge in [0, 0.05) is 31.6 Å². The fourth-order valence-electron chi connectivity index (χ4n) is 1.08. The lowest BCUT2D eigenvalue weighted by atomic mass is 10.2. The first-order valence-corrected chi connectivity index (χ1v) is 4.20. The molecule has 0 fully saturated rings. The zero-order valence-electron chi connectivity index (χ0n) is 7.60. The van der Waals surface area contributed by atoms with Gasteiger partial charge in [-0.3, -0.25) is 4.79 Å². The van der Waals surface area contributed by atoms with Crippen LogP contribution < -0.4 is 11.2 Å². The van der Waals surface area contributed by atoms with E-state index < -0.39 is 0 Å². The van der Waals surface area contributed by atoms with Gasteiger partial charge in [0.15, 0.2) is 0 Å². The van der Waals surface area contributed by atoms with E-state index in [4.69, 9.17) is 10.8 Å². The summed E-state index contributed by atoms with van der Waals surface area (Å²) in [5.74, 6) is 0.168. The number of anilines is 1. The van der Waals surface area contributed by atoms with Crippen molar-refractivity contribution in [2.75, 3.05) is 12.3 Å². The summed E-state index contributed by atoms with van der Waals surface area (Å²) in [4.78, 5) is 10.9. The molecule has 4 nitrogen and oxygen atoms in total. The van der Waals surface area contributed by atoms with Crippen LogP contribution in [0.1, 0.15) is 6.92 Å². The quantitative estimate of drug-likeness (QED) is 0.694. The van der Waals surface area contributed by atoms with Gasteiger partial charge < -0.3 is 15.4 Å². The molecule has 0 spiro atoms. The van der Waals surface area contributed by atoms with Crippen LogP contribution in [0.3, 0.4) is 0 Å². The van der Waals surface area contributed by atoms with Crippen LogP contribution in [0.5, 0.6) is 0 Å². The van der Waals surface area contributed by atoms with Gasteiger partial charge in [0.2, 0.25) is 5.43 Å². The molecule has 0 aliphatic rings. The maximum absolute atomic E-state index is 10.9. The first-order valence-electron chi connectivity index (χ1n) is 4.20. The first-order chi connectivity index (χ1) is 6.13. The predicted octanol–water partition coefficient (Wildman–Crippen LogP) is 0.0589. The molecule has 0 aliphatic carbocycles. The monoisotopic (exact) mass is 182 g/mol. The second-order valence-electron chi connectivity index (χ2n) is 3.25. The van der Waals surface area contributed by atoms with Crippen molar-refractivity contribution in [3.63, 3.8) is 0 Å². The van der Waals surface area contributed by atoms with E-state index in [0.717, 1.165) is 0 Å². The molecule has 0 amide bonds. The number of aliphatic hydroxyl groups is 1. The minimum Gasteiger partial charge on any atom is -0.396 e. The molecule has 72 valence electrons. The highest BCUT2D eigenvalue weighted by atomic mass is 16.3. The molecular weight excluding hydrogens is 168 g/mol. The number of rotatable bonds is 3. The number of pyridine rings is 1. The first kappa shape index (κ1) is 9.80. The molecule has 1 atom stereocenters. The number of nitrogen functional groups attached to an aromatic ring is 1. The third-order valence-electron chi connectivity index (χ3n) is 1.84. The Kier molecular flexibility index (Phi) is 3.08. The van der Waals surface area contributed by atoms with E-state index in [2.05, 4.69) is 0 Å². The van der Waals surface area contributed by atoms with Crippen molar-refractivity contribution in [1.82, 2.24) is 4.57 Å². The molecule has 0 bridgehead atoms. The Morgan fingerprint density at radius 3 is 2.92 bits per heavy atom. The summed E-state index contributed by atoms with van der Waals surface area (Å²) >= 11 is 0. The number of aliphatic hydroxyl groups excluding tert-OH is 1. The summed E-state index contributed by atoms with van der Waals surface area (Å²) in [6.07, 6.45) is 3.26. The minimum absolute atomic E-state index is 0.131. The average molecular weight is 182 g/mol. The highest BCUT2D eigenvalue weighted by Crippen LogP contribution is 2.00. The van der Waals surface area contributed by atoms with Crippen molar-refractivity contribution < 1.29 is 5.11 Å². The number of hydrogen-bond acceptors (Lipinski definition) is 3. The Labute approximate surface area is 76.6 Å². The normalized spacial score (nSPS) is 12.8. The number of aromatic nitrogens is 1. The lowest BCUT2D eigenvalue weighted by Gasteiger charge is -2.11. The van der Waals surface area contributed by atoms with Gasteiger partial charge in [-0.15, -0.1) is 0 Å². The molecule has 1 rings (SSSR count). The summed E-state index contributed by atoms with van der Waals surface area (Å²) in [5, 5.41) is 8.81. The van der Waals surface area contributed by atoms with E-state index in [1.54, 1.807) is 17.0 Å². The van der Waals surface area contributed by atoms with Crippen LogP contribution in [0.25, 0.3) is 0 Å². The van der Waals surface area contributed by atoms with Crippen molar-refractivity contribution in [2.45, 2.75) is 13.5 Å². The average Bonchev–Trinajstić information content (AvgIpc) is 2.11. The van der Waals surface area contributed by atoms with E-state index >= 15 is 0 Å². The Bertz CT molecular complexity index is 333. The second kappa shape index (κ2) is 4.09. The molecule has 3 N–H and O–H groups in total. The van der Waals surface area contributed by atoms with Crippen LogP contribution in [0.15, 0.2) is 23.3 Å². The van der Waals surface area contributed by atoms with Gasteiger partial charge >= 0.3 is 0 Å². The van der Waals surface area contributed by atoms with Gasteiger partial charge in [-0.2, -0.15) is 0 Å².